The SMILES string of the molecule is COCC(O)CSc1nnc(N)s1. The summed E-state index contributed by atoms with van der Waals surface area (Å²) in [6.07, 6.45) is -0.472. The Hall–Kier alpha value is -0.370. The Bertz CT molecular complexity index is 256. The molecule has 0 fully saturated rings. The minimum Gasteiger partial charge on any atom is -0.390 e. The van der Waals surface area contributed by atoms with Crippen LogP contribution in [0.25, 0.3) is 0 Å². The van der Waals surface area contributed by atoms with E-state index in [2.05, 4.69) is 10.2 Å². The predicted octanol–water partition coefficient (Wildman–Crippen LogP) is 0.220. The smallest absolute Gasteiger partial charge is 0.203 e. The molecule has 1 atom stereocenters. The second-order valence-electron chi connectivity index (χ2n) is 2.33. The summed E-state index contributed by atoms with van der Waals surface area (Å²) < 4.78 is 5.55. The first-order valence-electron chi connectivity index (χ1n) is 3.61. The lowest BCUT2D eigenvalue weighted by Crippen LogP contribution is -2.16. The first kappa shape index (κ1) is 10.7. The summed E-state index contributed by atoms with van der Waals surface area (Å²) in [4.78, 5) is 0. The maximum absolute atomic E-state index is 9.30. The van der Waals surface area contributed by atoms with Gasteiger partial charge in [0.15, 0.2) is 4.34 Å². The van der Waals surface area contributed by atoms with Crippen molar-refractivity contribution in [3.05, 3.63) is 0 Å². The number of ether oxygens (including phenoxy) is 1. The van der Waals surface area contributed by atoms with Crippen molar-refractivity contribution in [1.82, 2.24) is 10.2 Å². The van der Waals surface area contributed by atoms with Crippen molar-refractivity contribution in [3.63, 3.8) is 0 Å². The number of hydrogen-bond donors (Lipinski definition) is 2. The van der Waals surface area contributed by atoms with E-state index in [1.165, 1.54) is 23.1 Å². The van der Waals surface area contributed by atoms with Crippen molar-refractivity contribution in [2.24, 2.45) is 0 Å². The summed E-state index contributed by atoms with van der Waals surface area (Å²) in [7, 11) is 1.55. The molecule has 13 heavy (non-hydrogen) atoms. The van der Waals surface area contributed by atoms with Crippen molar-refractivity contribution >= 4 is 28.2 Å². The van der Waals surface area contributed by atoms with Crippen LogP contribution in [0.5, 0.6) is 0 Å². The summed E-state index contributed by atoms with van der Waals surface area (Å²) in [5.74, 6) is 0.544. The number of aromatic nitrogens is 2. The third-order valence-corrected chi connectivity index (χ3v) is 3.21. The Morgan fingerprint density at radius 3 is 3.00 bits per heavy atom. The fourth-order valence-electron chi connectivity index (χ4n) is 0.687. The third-order valence-electron chi connectivity index (χ3n) is 1.18. The van der Waals surface area contributed by atoms with Crippen LogP contribution in [0.4, 0.5) is 5.13 Å². The van der Waals surface area contributed by atoms with E-state index in [9.17, 15) is 5.11 Å². The lowest BCUT2D eigenvalue weighted by molar-refractivity contribution is 0.0794. The van der Waals surface area contributed by atoms with Gasteiger partial charge in [0.05, 0.1) is 12.7 Å². The van der Waals surface area contributed by atoms with Crippen LogP contribution in [0, 0.1) is 0 Å². The van der Waals surface area contributed by atoms with Crippen LogP contribution in [0.2, 0.25) is 0 Å². The number of methoxy groups -OCH3 is 1. The van der Waals surface area contributed by atoms with Gasteiger partial charge in [-0.2, -0.15) is 0 Å². The average molecular weight is 221 g/mol. The van der Waals surface area contributed by atoms with Crippen LogP contribution in [-0.2, 0) is 4.74 Å². The molecule has 0 aliphatic carbocycles. The Kier molecular flexibility index (Phi) is 4.43. The maximum atomic E-state index is 9.30. The van der Waals surface area contributed by atoms with E-state index in [4.69, 9.17) is 10.5 Å². The highest BCUT2D eigenvalue weighted by atomic mass is 32.2. The molecule has 0 aliphatic heterocycles. The average Bonchev–Trinajstić information content (AvgIpc) is 2.49. The molecule has 1 aromatic heterocycles. The van der Waals surface area contributed by atoms with Gasteiger partial charge in [0.1, 0.15) is 0 Å². The number of nitrogen functional groups attached to an aromatic ring is 1. The zero-order valence-electron chi connectivity index (χ0n) is 7.14. The van der Waals surface area contributed by atoms with Crippen molar-refractivity contribution in [1.29, 1.82) is 0 Å². The Morgan fingerprint density at radius 2 is 2.46 bits per heavy atom. The van der Waals surface area contributed by atoms with Crippen molar-refractivity contribution in [2.75, 3.05) is 25.2 Å². The Labute approximate surface area is 84.3 Å². The quantitative estimate of drug-likeness (QED) is 0.692. The molecule has 7 heteroatoms. The standard InChI is InChI=1S/C6H11N3O2S2/c1-11-2-4(10)3-12-6-9-8-5(7)13-6/h4,10H,2-3H2,1H3,(H2,7,8). The van der Waals surface area contributed by atoms with Gasteiger partial charge in [0.25, 0.3) is 0 Å². The molecule has 0 radical (unpaired) electrons. The summed E-state index contributed by atoms with van der Waals surface area (Å²) in [6.45, 7) is 0.335. The molecule has 0 amide bonds. The highest BCUT2D eigenvalue weighted by Crippen LogP contribution is 2.23. The number of anilines is 1. The molecule has 0 aromatic carbocycles. The van der Waals surface area contributed by atoms with Crippen LogP contribution in [0.3, 0.4) is 0 Å². The largest absolute Gasteiger partial charge is 0.390 e. The number of rotatable bonds is 5. The summed E-state index contributed by atoms with van der Waals surface area (Å²) in [5.41, 5.74) is 5.39. The van der Waals surface area contributed by atoms with Gasteiger partial charge in [-0.05, 0) is 0 Å². The molecule has 0 spiro atoms. The van der Waals surface area contributed by atoms with Gasteiger partial charge < -0.3 is 15.6 Å². The number of hydrogen-bond acceptors (Lipinski definition) is 7. The molecule has 3 N–H and O–H groups in total. The van der Waals surface area contributed by atoms with E-state index in [0.29, 0.717) is 17.5 Å². The van der Waals surface area contributed by atoms with Crippen molar-refractivity contribution in [2.45, 2.75) is 10.4 Å². The molecule has 0 aliphatic rings. The van der Waals surface area contributed by atoms with E-state index in [0.717, 1.165) is 4.34 Å². The van der Waals surface area contributed by atoms with Crippen LogP contribution in [0.15, 0.2) is 4.34 Å². The van der Waals surface area contributed by atoms with Crippen molar-refractivity contribution in [3.8, 4) is 0 Å². The van der Waals surface area contributed by atoms with E-state index < -0.39 is 6.10 Å². The van der Waals surface area contributed by atoms with E-state index in [1.807, 2.05) is 0 Å². The minimum absolute atomic E-state index is 0.335. The maximum Gasteiger partial charge on any atom is 0.203 e. The number of aliphatic hydroxyl groups is 1. The first-order valence-corrected chi connectivity index (χ1v) is 5.41. The third kappa shape index (κ3) is 3.90. The van der Waals surface area contributed by atoms with Gasteiger partial charge in [-0.1, -0.05) is 23.1 Å². The van der Waals surface area contributed by atoms with Gasteiger partial charge in [0, 0.05) is 12.9 Å². The van der Waals surface area contributed by atoms with E-state index in [-0.39, 0.29) is 0 Å². The molecule has 1 rings (SSSR count). The second kappa shape index (κ2) is 5.38. The lowest BCUT2D eigenvalue weighted by atomic mass is 10.4. The molecule has 1 aromatic rings. The van der Waals surface area contributed by atoms with Gasteiger partial charge >= 0.3 is 0 Å². The molecule has 0 saturated carbocycles. The first-order chi connectivity index (χ1) is 6.22. The van der Waals surface area contributed by atoms with Crippen LogP contribution >= 0.6 is 23.1 Å². The molecule has 1 unspecified atom stereocenters. The number of nitrogens with two attached hydrogens (primary N) is 1. The molecule has 0 saturated heterocycles. The highest BCUT2D eigenvalue weighted by Gasteiger charge is 2.07. The predicted molar refractivity (Wildman–Crippen MR) is 52.9 cm³/mol. The molecular weight excluding hydrogens is 210 g/mol. The number of nitrogens with zero attached hydrogens (tertiary/aromatic N) is 2. The number of thioether (sulfide) groups is 1. The Morgan fingerprint density at radius 1 is 1.69 bits per heavy atom. The zero-order chi connectivity index (χ0) is 9.68. The normalized spacial score (nSPS) is 13.1. The van der Waals surface area contributed by atoms with Gasteiger partial charge in [0.2, 0.25) is 5.13 Å². The lowest BCUT2D eigenvalue weighted by Gasteiger charge is -2.05. The highest BCUT2D eigenvalue weighted by molar-refractivity contribution is 8.01. The minimum atomic E-state index is -0.472. The number of aliphatic hydroxyl groups excluding tert-OH is 1. The van der Waals surface area contributed by atoms with Crippen LogP contribution < -0.4 is 5.73 Å². The summed E-state index contributed by atoms with van der Waals surface area (Å²) in [5, 5.41) is 17.2. The zero-order valence-corrected chi connectivity index (χ0v) is 8.77. The van der Waals surface area contributed by atoms with E-state index >= 15 is 0 Å². The fourth-order valence-corrected chi connectivity index (χ4v) is 2.25. The Balaban J connectivity index is 2.26. The molecular formula is C6H11N3O2S2. The summed E-state index contributed by atoms with van der Waals surface area (Å²) >= 11 is 2.74. The van der Waals surface area contributed by atoms with E-state index in [1.54, 1.807) is 7.11 Å². The van der Waals surface area contributed by atoms with Gasteiger partial charge in [-0.25, -0.2) is 0 Å². The fraction of sp³-hybridized carbons (Fsp3) is 0.667. The van der Waals surface area contributed by atoms with Gasteiger partial charge in [-0.3, -0.25) is 0 Å². The molecule has 1 heterocycles. The van der Waals surface area contributed by atoms with Crippen LogP contribution in [-0.4, -0.2) is 40.9 Å². The molecule has 74 valence electrons. The van der Waals surface area contributed by atoms with Crippen LogP contribution in [0.1, 0.15) is 0 Å². The monoisotopic (exact) mass is 221 g/mol. The second-order valence-corrected chi connectivity index (χ2v) is 4.60. The van der Waals surface area contributed by atoms with Gasteiger partial charge in [-0.15, -0.1) is 10.2 Å². The topological polar surface area (TPSA) is 81.3 Å². The molecule has 5 nitrogen and oxygen atoms in total. The molecule has 0 bridgehead atoms. The van der Waals surface area contributed by atoms with Crippen molar-refractivity contribution < 1.29 is 9.84 Å². The summed E-state index contributed by atoms with van der Waals surface area (Å²) in [6, 6.07) is 0.